The first-order valence-corrected chi connectivity index (χ1v) is 8.38. The van der Waals surface area contributed by atoms with Crippen LogP contribution in [-0.2, 0) is 9.47 Å². The number of hydrogen-bond donors (Lipinski definition) is 1. The van der Waals surface area contributed by atoms with Gasteiger partial charge in [0.1, 0.15) is 11.2 Å². The standard InChI is InChI=1S/C18H18N4O5/c1-4-25-17(23)11-6-8-12(9-7-11)19-14-13-10(3)22-27-16(13)21-15(20-14)18(24)26-5-2/h6-9H,4-5H2,1-3H3,(H,19,20,21). The summed E-state index contributed by atoms with van der Waals surface area (Å²) in [6, 6.07) is 6.66. The molecule has 0 amide bonds. The summed E-state index contributed by atoms with van der Waals surface area (Å²) < 4.78 is 15.1. The van der Waals surface area contributed by atoms with Crippen molar-refractivity contribution in [2.75, 3.05) is 18.5 Å². The molecule has 1 aromatic carbocycles. The Morgan fingerprint density at radius 2 is 1.70 bits per heavy atom. The number of aryl methyl sites for hydroxylation is 1. The van der Waals surface area contributed by atoms with Crippen LogP contribution in [0.4, 0.5) is 11.5 Å². The second kappa shape index (κ2) is 7.81. The molecular weight excluding hydrogens is 352 g/mol. The number of aromatic nitrogens is 3. The number of anilines is 2. The van der Waals surface area contributed by atoms with Crippen LogP contribution in [0.25, 0.3) is 11.1 Å². The average Bonchev–Trinajstić information content (AvgIpc) is 3.04. The lowest BCUT2D eigenvalue weighted by Gasteiger charge is -2.09. The predicted molar refractivity (Wildman–Crippen MR) is 96.0 cm³/mol. The highest BCUT2D eigenvalue weighted by Gasteiger charge is 2.20. The fraction of sp³-hybridized carbons (Fsp3) is 0.278. The lowest BCUT2D eigenvalue weighted by Crippen LogP contribution is -2.11. The molecule has 0 unspecified atom stereocenters. The molecule has 0 spiro atoms. The summed E-state index contributed by atoms with van der Waals surface area (Å²) >= 11 is 0. The van der Waals surface area contributed by atoms with Crippen molar-refractivity contribution in [3.8, 4) is 0 Å². The van der Waals surface area contributed by atoms with Crippen molar-refractivity contribution in [1.29, 1.82) is 0 Å². The third-order valence-corrected chi connectivity index (χ3v) is 3.62. The fourth-order valence-electron chi connectivity index (χ4n) is 2.41. The number of rotatable bonds is 6. The van der Waals surface area contributed by atoms with Gasteiger partial charge < -0.3 is 19.3 Å². The molecule has 2 heterocycles. The third-order valence-electron chi connectivity index (χ3n) is 3.62. The average molecular weight is 370 g/mol. The van der Waals surface area contributed by atoms with Gasteiger partial charge in [0, 0.05) is 5.69 Å². The number of hydrogen-bond acceptors (Lipinski definition) is 9. The number of nitrogens with zero attached hydrogens (tertiary/aromatic N) is 3. The van der Waals surface area contributed by atoms with Crippen molar-refractivity contribution in [1.82, 2.24) is 15.1 Å². The first-order valence-electron chi connectivity index (χ1n) is 8.38. The Hall–Kier alpha value is -3.49. The molecule has 0 bridgehead atoms. The zero-order valence-corrected chi connectivity index (χ0v) is 15.1. The number of carbonyl (C=O) groups is 2. The summed E-state index contributed by atoms with van der Waals surface area (Å²) in [5.41, 5.74) is 1.84. The van der Waals surface area contributed by atoms with Gasteiger partial charge in [0.2, 0.25) is 5.82 Å². The monoisotopic (exact) mass is 370 g/mol. The lowest BCUT2D eigenvalue weighted by atomic mass is 10.2. The number of ether oxygens (including phenoxy) is 2. The number of esters is 2. The molecule has 9 nitrogen and oxygen atoms in total. The second-order valence-electron chi connectivity index (χ2n) is 5.49. The summed E-state index contributed by atoms with van der Waals surface area (Å²) in [6.07, 6.45) is 0. The molecular formula is C18H18N4O5. The SMILES string of the molecule is CCOC(=O)c1ccc(Nc2nc(C(=O)OCC)nc3onc(C)c23)cc1. The first-order chi connectivity index (χ1) is 13.0. The molecule has 0 aliphatic carbocycles. The maximum atomic E-state index is 12.0. The van der Waals surface area contributed by atoms with E-state index >= 15 is 0 Å². The van der Waals surface area contributed by atoms with E-state index in [1.807, 2.05) is 0 Å². The van der Waals surface area contributed by atoms with Crippen LogP contribution in [0, 0.1) is 6.92 Å². The summed E-state index contributed by atoms with van der Waals surface area (Å²) in [7, 11) is 0. The van der Waals surface area contributed by atoms with Gasteiger partial charge in [0.05, 0.1) is 24.5 Å². The first kappa shape index (κ1) is 18.3. The minimum Gasteiger partial charge on any atom is -0.462 e. The maximum absolute atomic E-state index is 12.0. The van der Waals surface area contributed by atoms with Gasteiger partial charge in [-0.05, 0) is 45.0 Å². The van der Waals surface area contributed by atoms with Crippen LogP contribution in [0.1, 0.15) is 40.5 Å². The van der Waals surface area contributed by atoms with Crippen LogP contribution in [0.2, 0.25) is 0 Å². The minimum absolute atomic E-state index is 0.133. The van der Waals surface area contributed by atoms with Crippen LogP contribution in [-0.4, -0.2) is 40.3 Å². The van der Waals surface area contributed by atoms with Crippen molar-refractivity contribution in [3.63, 3.8) is 0 Å². The summed E-state index contributed by atoms with van der Waals surface area (Å²) in [5.74, 6) is -0.834. The molecule has 0 aliphatic heterocycles. The lowest BCUT2D eigenvalue weighted by molar-refractivity contribution is 0.0507. The van der Waals surface area contributed by atoms with Crippen molar-refractivity contribution in [2.24, 2.45) is 0 Å². The summed E-state index contributed by atoms with van der Waals surface area (Å²) in [4.78, 5) is 32.0. The summed E-state index contributed by atoms with van der Waals surface area (Å²) in [6.45, 7) is 5.69. The molecule has 3 rings (SSSR count). The molecule has 1 N–H and O–H groups in total. The highest BCUT2D eigenvalue weighted by molar-refractivity contribution is 5.94. The minimum atomic E-state index is -0.658. The zero-order chi connectivity index (χ0) is 19.4. The second-order valence-corrected chi connectivity index (χ2v) is 5.49. The Morgan fingerprint density at radius 3 is 2.37 bits per heavy atom. The van der Waals surface area contributed by atoms with E-state index in [2.05, 4.69) is 20.4 Å². The van der Waals surface area contributed by atoms with Gasteiger partial charge in [-0.15, -0.1) is 0 Å². The van der Waals surface area contributed by atoms with Gasteiger partial charge in [-0.25, -0.2) is 14.6 Å². The molecule has 27 heavy (non-hydrogen) atoms. The highest BCUT2D eigenvalue weighted by Crippen LogP contribution is 2.27. The molecule has 9 heteroatoms. The third kappa shape index (κ3) is 3.86. The van der Waals surface area contributed by atoms with Crippen molar-refractivity contribution < 1.29 is 23.6 Å². The van der Waals surface area contributed by atoms with E-state index < -0.39 is 11.9 Å². The Labute approximate surface area is 154 Å². The maximum Gasteiger partial charge on any atom is 0.376 e. The van der Waals surface area contributed by atoms with Crippen LogP contribution >= 0.6 is 0 Å². The van der Waals surface area contributed by atoms with Crippen LogP contribution in [0.3, 0.4) is 0 Å². The molecule has 0 fully saturated rings. The topological polar surface area (TPSA) is 116 Å². The fourth-order valence-corrected chi connectivity index (χ4v) is 2.41. The van der Waals surface area contributed by atoms with Crippen LogP contribution in [0.5, 0.6) is 0 Å². The number of fused-ring (bicyclic) bond motifs is 1. The van der Waals surface area contributed by atoms with Crippen molar-refractivity contribution >= 4 is 34.5 Å². The van der Waals surface area contributed by atoms with E-state index in [1.165, 1.54) is 0 Å². The molecule has 0 atom stereocenters. The number of carbonyl (C=O) groups excluding carboxylic acids is 2. The van der Waals surface area contributed by atoms with Gasteiger partial charge in [0.25, 0.3) is 5.71 Å². The summed E-state index contributed by atoms with van der Waals surface area (Å²) in [5, 5.41) is 7.52. The Bertz CT molecular complexity index is 981. The number of benzene rings is 1. The van der Waals surface area contributed by atoms with Crippen molar-refractivity contribution in [3.05, 3.63) is 41.3 Å². The largest absolute Gasteiger partial charge is 0.462 e. The van der Waals surface area contributed by atoms with Crippen LogP contribution in [0.15, 0.2) is 28.8 Å². The van der Waals surface area contributed by atoms with Crippen LogP contribution < -0.4 is 5.32 Å². The Kier molecular flexibility index (Phi) is 5.30. The molecule has 2 aromatic heterocycles. The van der Waals surface area contributed by atoms with E-state index in [0.717, 1.165) is 0 Å². The van der Waals surface area contributed by atoms with Crippen molar-refractivity contribution in [2.45, 2.75) is 20.8 Å². The van der Waals surface area contributed by atoms with Gasteiger partial charge in [-0.2, -0.15) is 4.98 Å². The predicted octanol–water partition coefficient (Wildman–Crippen LogP) is 3.02. The smallest absolute Gasteiger partial charge is 0.376 e. The molecule has 0 saturated carbocycles. The Morgan fingerprint density at radius 1 is 1.04 bits per heavy atom. The van der Waals surface area contributed by atoms with E-state index in [4.69, 9.17) is 14.0 Å². The van der Waals surface area contributed by atoms with Gasteiger partial charge in [-0.1, -0.05) is 5.16 Å². The quantitative estimate of drug-likeness (QED) is 0.653. The van der Waals surface area contributed by atoms with E-state index in [0.29, 0.717) is 34.8 Å². The zero-order valence-electron chi connectivity index (χ0n) is 15.1. The molecule has 0 aliphatic rings. The molecule has 0 saturated heterocycles. The van der Waals surface area contributed by atoms with E-state index in [-0.39, 0.29) is 18.1 Å². The van der Waals surface area contributed by atoms with E-state index in [1.54, 1.807) is 45.0 Å². The normalized spacial score (nSPS) is 10.6. The van der Waals surface area contributed by atoms with E-state index in [9.17, 15) is 9.59 Å². The molecule has 140 valence electrons. The molecule has 0 radical (unpaired) electrons. The Balaban J connectivity index is 1.94. The number of nitrogens with one attached hydrogen (secondary N) is 1. The highest BCUT2D eigenvalue weighted by atomic mass is 16.5. The van der Waals surface area contributed by atoms with Gasteiger partial charge >= 0.3 is 11.9 Å². The van der Waals surface area contributed by atoms with Gasteiger partial charge in [-0.3, -0.25) is 0 Å². The van der Waals surface area contributed by atoms with Gasteiger partial charge in [0.15, 0.2) is 0 Å². The molecule has 3 aromatic rings.